The number of carbonyl (C=O) groups excluding carboxylic acids is 1. The minimum absolute atomic E-state index is 0.0687. The van der Waals surface area contributed by atoms with Gasteiger partial charge in [-0.05, 0) is 55.9 Å². The molecule has 0 amide bonds. The summed E-state index contributed by atoms with van der Waals surface area (Å²) in [6, 6.07) is 5.26. The number of fused-ring (bicyclic) bond motifs is 3. The van der Waals surface area contributed by atoms with Crippen molar-refractivity contribution in [2.24, 2.45) is 0 Å². The lowest BCUT2D eigenvalue weighted by molar-refractivity contribution is -0.134. The molecule has 27 heavy (non-hydrogen) atoms. The summed E-state index contributed by atoms with van der Waals surface area (Å²) in [6.45, 7) is 2.13. The number of benzene rings is 1. The highest BCUT2D eigenvalue weighted by atomic mass is 35.5. The smallest absolute Gasteiger partial charge is 0.313 e. The number of carbonyl (C=O) groups is 1. The van der Waals surface area contributed by atoms with Crippen molar-refractivity contribution in [2.45, 2.75) is 45.6 Å². The topological polar surface area (TPSA) is 61.2 Å². The minimum Gasteiger partial charge on any atom is -0.425 e. The van der Waals surface area contributed by atoms with Crippen LogP contribution in [-0.2, 0) is 24.2 Å². The van der Waals surface area contributed by atoms with E-state index < -0.39 is 5.97 Å². The summed E-state index contributed by atoms with van der Waals surface area (Å²) in [7, 11) is 0. The largest absolute Gasteiger partial charge is 0.425 e. The van der Waals surface area contributed by atoms with E-state index in [0.29, 0.717) is 10.8 Å². The number of hydrogen-bond acceptors (Lipinski definition) is 5. The zero-order valence-corrected chi connectivity index (χ0v) is 16.5. The second-order valence-electron chi connectivity index (χ2n) is 6.79. The summed E-state index contributed by atoms with van der Waals surface area (Å²) in [6.07, 6.45) is 5.84. The third-order valence-electron chi connectivity index (χ3n) is 4.81. The molecule has 0 fully saturated rings. The molecule has 1 aromatic carbocycles. The number of halogens is 1. The maximum atomic E-state index is 12.9. The Kier molecular flexibility index (Phi) is 5.02. The number of rotatable bonds is 4. The van der Waals surface area contributed by atoms with E-state index in [4.69, 9.17) is 16.3 Å². The molecule has 0 unspecified atom stereocenters. The van der Waals surface area contributed by atoms with Crippen molar-refractivity contribution in [3.05, 3.63) is 55.9 Å². The molecular weight excluding hydrogens is 384 g/mol. The summed E-state index contributed by atoms with van der Waals surface area (Å²) in [4.78, 5) is 31.6. The van der Waals surface area contributed by atoms with Gasteiger partial charge in [0.25, 0.3) is 5.56 Å². The van der Waals surface area contributed by atoms with Gasteiger partial charge in [0.2, 0.25) is 0 Å². The van der Waals surface area contributed by atoms with Crippen LogP contribution in [0.3, 0.4) is 0 Å². The van der Waals surface area contributed by atoms with Crippen LogP contribution < -0.4 is 10.3 Å². The van der Waals surface area contributed by atoms with Crippen molar-refractivity contribution in [2.75, 3.05) is 0 Å². The van der Waals surface area contributed by atoms with E-state index in [9.17, 15) is 9.59 Å². The van der Waals surface area contributed by atoms with Crippen molar-refractivity contribution in [3.63, 3.8) is 0 Å². The zero-order chi connectivity index (χ0) is 19.0. The van der Waals surface area contributed by atoms with Gasteiger partial charge in [0.1, 0.15) is 10.6 Å². The standard InChI is InChI=1S/C20H19ClN2O3S/c1-12-6-7-14(21)15(10-12)26-17(24)8-9-23-11-22-19-18(20(23)25)13-4-2-3-5-16(13)27-19/h6-7,10-11H,2-5,8-9H2,1H3. The average Bonchev–Trinajstić information content (AvgIpc) is 3.03. The second kappa shape index (κ2) is 7.44. The molecule has 140 valence electrons. The summed E-state index contributed by atoms with van der Waals surface area (Å²) < 4.78 is 6.85. The lowest BCUT2D eigenvalue weighted by Gasteiger charge is -2.10. The highest BCUT2D eigenvalue weighted by Crippen LogP contribution is 2.33. The summed E-state index contributed by atoms with van der Waals surface area (Å²) in [5.41, 5.74) is 2.04. The van der Waals surface area contributed by atoms with Gasteiger partial charge in [-0.25, -0.2) is 4.98 Å². The van der Waals surface area contributed by atoms with Crippen molar-refractivity contribution in [3.8, 4) is 5.75 Å². The molecule has 7 heteroatoms. The van der Waals surface area contributed by atoms with Gasteiger partial charge < -0.3 is 4.74 Å². The Morgan fingerprint density at radius 2 is 2.15 bits per heavy atom. The molecule has 0 radical (unpaired) electrons. The number of ether oxygens (including phenoxy) is 1. The maximum absolute atomic E-state index is 12.9. The number of nitrogens with zero attached hydrogens (tertiary/aromatic N) is 2. The Bertz CT molecular complexity index is 1090. The number of aryl methyl sites for hydroxylation is 4. The fourth-order valence-electron chi connectivity index (χ4n) is 3.41. The number of hydrogen-bond donors (Lipinski definition) is 0. The van der Waals surface area contributed by atoms with Gasteiger partial charge >= 0.3 is 5.97 Å². The van der Waals surface area contributed by atoms with E-state index >= 15 is 0 Å². The molecule has 0 aliphatic heterocycles. The van der Waals surface area contributed by atoms with Crippen LogP contribution in [0.15, 0.2) is 29.3 Å². The highest BCUT2D eigenvalue weighted by Gasteiger charge is 2.20. The second-order valence-corrected chi connectivity index (χ2v) is 8.28. The molecular formula is C20H19ClN2O3S. The Balaban J connectivity index is 1.52. The summed E-state index contributed by atoms with van der Waals surface area (Å²) in [5, 5.41) is 1.12. The Labute approximate surface area is 165 Å². The van der Waals surface area contributed by atoms with Gasteiger partial charge in [-0.1, -0.05) is 17.7 Å². The molecule has 1 aliphatic rings. The predicted molar refractivity (Wildman–Crippen MR) is 107 cm³/mol. The normalized spacial score (nSPS) is 13.6. The molecule has 2 heterocycles. The van der Waals surface area contributed by atoms with Crippen LogP contribution in [0.5, 0.6) is 5.75 Å². The van der Waals surface area contributed by atoms with Crippen molar-refractivity contribution in [1.82, 2.24) is 9.55 Å². The molecule has 2 aromatic heterocycles. The molecule has 0 saturated heterocycles. The van der Waals surface area contributed by atoms with E-state index in [2.05, 4.69) is 4.98 Å². The monoisotopic (exact) mass is 402 g/mol. The molecule has 0 atom stereocenters. The van der Waals surface area contributed by atoms with Gasteiger partial charge in [-0.15, -0.1) is 11.3 Å². The van der Waals surface area contributed by atoms with Gasteiger partial charge in [0, 0.05) is 11.4 Å². The quantitative estimate of drug-likeness (QED) is 0.482. The molecule has 0 saturated carbocycles. The maximum Gasteiger partial charge on any atom is 0.313 e. The highest BCUT2D eigenvalue weighted by molar-refractivity contribution is 7.18. The fourth-order valence-corrected chi connectivity index (χ4v) is 4.79. The molecule has 0 N–H and O–H groups in total. The van der Waals surface area contributed by atoms with Crippen LogP contribution in [0, 0.1) is 6.92 Å². The third kappa shape index (κ3) is 3.64. The van der Waals surface area contributed by atoms with Gasteiger partial charge in [-0.3, -0.25) is 14.2 Å². The molecule has 0 bridgehead atoms. The van der Waals surface area contributed by atoms with Crippen LogP contribution in [-0.4, -0.2) is 15.5 Å². The van der Waals surface area contributed by atoms with Crippen LogP contribution in [0.2, 0.25) is 5.02 Å². The van der Waals surface area contributed by atoms with Crippen LogP contribution in [0.1, 0.15) is 35.3 Å². The number of thiophene rings is 1. The van der Waals surface area contributed by atoms with Crippen molar-refractivity contribution >= 4 is 39.1 Å². The van der Waals surface area contributed by atoms with E-state index in [1.807, 2.05) is 13.0 Å². The van der Waals surface area contributed by atoms with E-state index in [1.165, 1.54) is 22.2 Å². The Morgan fingerprint density at radius 1 is 1.33 bits per heavy atom. The van der Waals surface area contributed by atoms with Crippen molar-refractivity contribution in [1.29, 1.82) is 0 Å². The first-order valence-electron chi connectivity index (χ1n) is 8.99. The molecule has 1 aliphatic carbocycles. The molecule has 0 spiro atoms. The minimum atomic E-state index is -0.429. The van der Waals surface area contributed by atoms with Crippen LogP contribution in [0.4, 0.5) is 0 Å². The third-order valence-corrected chi connectivity index (χ3v) is 6.32. The van der Waals surface area contributed by atoms with Gasteiger partial charge in [0.05, 0.1) is 23.2 Å². The fraction of sp³-hybridized carbons (Fsp3) is 0.350. The summed E-state index contributed by atoms with van der Waals surface area (Å²) >= 11 is 7.68. The lowest BCUT2D eigenvalue weighted by Crippen LogP contribution is -2.23. The van der Waals surface area contributed by atoms with Gasteiger partial charge in [0.15, 0.2) is 0 Å². The van der Waals surface area contributed by atoms with Crippen molar-refractivity contribution < 1.29 is 9.53 Å². The number of esters is 1. The van der Waals surface area contributed by atoms with Gasteiger partial charge in [-0.2, -0.15) is 0 Å². The molecule has 4 rings (SSSR count). The average molecular weight is 403 g/mol. The predicted octanol–water partition coefficient (Wildman–Crippen LogP) is 4.29. The van der Waals surface area contributed by atoms with Crippen LogP contribution in [0.25, 0.3) is 10.2 Å². The first-order chi connectivity index (χ1) is 13.0. The van der Waals surface area contributed by atoms with E-state index in [-0.39, 0.29) is 18.5 Å². The first kappa shape index (κ1) is 18.2. The van der Waals surface area contributed by atoms with E-state index in [1.54, 1.807) is 23.5 Å². The SMILES string of the molecule is Cc1ccc(Cl)c(OC(=O)CCn2cnc3sc4c(c3c2=O)CCCC4)c1. The Hall–Kier alpha value is -2.18. The van der Waals surface area contributed by atoms with E-state index in [0.717, 1.165) is 40.6 Å². The number of aromatic nitrogens is 2. The van der Waals surface area contributed by atoms with Crippen LogP contribution >= 0.6 is 22.9 Å². The molecule has 5 nitrogen and oxygen atoms in total. The first-order valence-corrected chi connectivity index (χ1v) is 10.2. The summed E-state index contributed by atoms with van der Waals surface area (Å²) in [5.74, 6) is -0.0867. The Morgan fingerprint density at radius 3 is 3.00 bits per heavy atom. The zero-order valence-electron chi connectivity index (χ0n) is 15.0. The molecule has 3 aromatic rings. The lowest BCUT2D eigenvalue weighted by atomic mass is 9.97.